The summed E-state index contributed by atoms with van der Waals surface area (Å²) in [6, 6.07) is 9.39. The summed E-state index contributed by atoms with van der Waals surface area (Å²) >= 11 is 1.64. The highest BCUT2D eigenvalue weighted by molar-refractivity contribution is 7.99. The van der Waals surface area contributed by atoms with E-state index in [1.54, 1.807) is 22.9 Å². The molecule has 0 radical (unpaired) electrons. The lowest BCUT2D eigenvalue weighted by Gasteiger charge is -2.24. The third-order valence-corrected chi connectivity index (χ3v) is 6.56. The van der Waals surface area contributed by atoms with Gasteiger partial charge in [0.1, 0.15) is 6.04 Å². The molecule has 1 saturated carbocycles. The number of hydrogen-bond donors (Lipinski definition) is 1. The Labute approximate surface area is 163 Å². The maximum Gasteiger partial charge on any atom is 0.248 e. The molecule has 1 aliphatic carbocycles. The molecule has 3 unspecified atom stereocenters. The number of rotatable bonds is 4. The Hall–Kier alpha value is -2.34. The van der Waals surface area contributed by atoms with Crippen molar-refractivity contribution in [2.75, 3.05) is 16.9 Å². The molecular formula is C21H23N3O2S. The summed E-state index contributed by atoms with van der Waals surface area (Å²) in [5.41, 5.74) is 4.13. The topological polar surface area (TPSA) is 62.3 Å². The molecule has 4 rings (SSSR count). The molecule has 2 heterocycles. The van der Waals surface area contributed by atoms with E-state index in [1.165, 1.54) is 0 Å². The Morgan fingerprint density at radius 2 is 2.07 bits per heavy atom. The van der Waals surface area contributed by atoms with Crippen LogP contribution in [0.25, 0.3) is 0 Å². The number of carbonyl (C=O) groups excluding carboxylic acids is 2. The van der Waals surface area contributed by atoms with Crippen LogP contribution in [0.4, 0.5) is 5.69 Å². The molecule has 2 aromatic rings. The van der Waals surface area contributed by atoms with Crippen molar-refractivity contribution in [2.24, 2.45) is 5.92 Å². The van der Waals surface area contributed by atoms with E-state index in [0.29, 0.717) is 11.6 Å². The molecule has 0 bridgehead atoms. The van der Waals surface area contributed by atoms with Gasteiger partial charge < -0.3 is 10.2 Å². The summed E-state index contributed by atoms with van der Waals surface area (Å²) < 4.78 is 0. The number of hydrogen-bond acceptors (Lipinski definition) is 4. The zero-order valence-electron chi connectivity index (χ0n) is 15.5. The molecule has 6 heteroatoms. The summed E-state index contributed by atoms with van der Waals surface area (Å²) in [6.45, 7) is 4.03. The Morgan fingerprint density at radius 1 is 1.22 bits per heavy atom. The first-order chi connectivity index (χ1) is 13.1. The van der Waals surface area contributed by atoms with Gasteiger partial charge in [0.05, 0.1) is 5.88 Å². The van der Waals surface area contributed by atoms with Gasteiger partial charge in [-0.2, -0.15) is 0 Å². The summed E-state index contributed by atoms with van der Waals surface area (Å²) in [5.74, 6) is 1.44. The monoisotopic (exact) mass is 381 g/mol. The van der Waals surface area contributed by atoms with Crippen molar-refractivity contribution in [1.29, 1.82) is 0 Å². The molecule has 2 aliphatic rings. The van der Waals surface area contributed by atoms with Gasteiger partial charge in [0, 0.05) is 29.8 Å². The third kappa shape index (κ3) is 3.58. The van der Waals surface area contributed by atoms with E-state index < -0.39 is 6.04 Å². The fourth-order valence-electron chi connectivity index (χ4n) is 3.62. The average Bonchev–Trinajstić information content (AvgIpc) is 3.33. The second-order valence-corrected chi connectivity index (χ2v) is 8.30. The minimum Gasteiger partial charge on any atom is -0.324 e. The number of pyridine rings is 1. The lowest BCUT2D eigenvalue weighted by molar-refractivity contribution is -0.137. The number of aryl methyl sites for hydroxylation is 1. The van der Waals surface area contributed by atoms with Crippen molar-refractivity contribution in [3.63, 3.8) is 0 Å². The zero-order chi connectivity index (χ0) is 19.0. The van der Waals surface area contributed by atoms with Crippen LogP contribution in [-0.2, 0) is 9.59 Å². The molecule has 1 aromatic heterocycles. The van der Waals surface area contributed by atoms with E-state index in [0.717, 1.165) is 28.8 Å². The minimum atomic E-state index is -0.405. The van der Waals surface area contributed by atoms with Crippen LogP contribution in [-0.4, -0.2) is 39.4 Å². The van der Waals surface area contributed by atoms with Crippen LogP contribution in [0.2, 0.25) is 0 Å². The number of carbonyl (C=O) groups is 2. The van der Waals surface area contributed by atoms with Crippen molar-refractivity contribution < 1.29 is 9.59 Å². The molecule has 1 N–H and O–H groups in total. The Balaban J connectivity index is 1.44. The fraction of sp³-hybridized carbons (Fsp3) is 0.381. The largest absolute Gasteiger partial charge is 0.324 e. The standard InChI is InChI=1S/C21H23N3O2S/c1-13-5-3-7-18(14(13)2)23-20(25)19-11-27-12-24(19)21(26)17-9-16(17)15-6-4-8-22-10-15/h3-8,10,16-17,19H,9,11-12H2,1-2H3,(H,23,25). The highest BCUT2D eigenvalue weighted by Crippen LogP contribution is 2.49. The molecule has 1 aliphatic heterocycles. The number of aromatic nitrogens is 1. The summed E-state index contributed by atoms with van der Waals surface area (Å²) in [4.78, 5) is 31.8. The predicted octanol–water partition coefficient (Wildman–Crippen LogP) is 3.34. The summed E-state index contributed by atoms with van der Waals surface area (Å²) in [6.07, 6.45) is 4.42. The molecule has 27 heavy (non-hydrogen) atoms. The zero-order valence-corrected chi connectivity index (χ0v) is 16.3. The maximum atomic E-state index is 13.0. The minimum absolute atomic E-state index is 0.0242. The van der Waals surface area contributed by atoms with E-state index in [4.69, 9.17) is 0 Å². The van der Waals surface area contributed by atoms with E-state index in [9.17, 15) is 9.59 Å². The van der Waals surface area contributed by atoms with Gasteiger partial charge in [-0.3, -0.25) is 14.6 Å². The lowest BCUT2D eigenvalue weighted by Crippen LogP contribution is -2.45. The van der Waals surface area contributed by atoms with Crippen LogP contribution in [0.1, 0.15) is 29.0 Å². The summed E-state index contributed by atoms with van der Waals surface area (Å²) in [5, 5.41) is 3.02. The van der Waals surface area contributed by atoms with Crippen LogP contribution in [0.3, 0.4) is 0 Å². The number of nitrogens with zero attached hydrogens (tertiary/aromatic N) is 2. The molecule has 1 aromatic carbocycles. The second kappa shape index (κ2) is 7.35. The van der Waals surface area contributed by atoms with Gasteiger partial charge in [0.2, 0.25) is 11.8 Å². The van der Waals surface area contributed by atoms with E-state index in [2.05, 4.69) is 10.3 Å². The van der Waals surface area contributed by atoms with Crippen molar-refractivity contribution >= 4 is 29.3 Å². The summed E-state index contributed by atoms with van der Waals surface area (Å²) in [7, 11) is 0. The van der Waals surface area contributed by atoms with Crippen LogP contribution in [0, 0.1) is 19.8 Å². The van der Waals surface area contributed by atoms with Gasteiger partial charge in [-0.1, -0.05) is 18.2 Å². The van der Waals surface area contributed by atoms with Crippen molar-refractivity contribution in [2.45, 2.75) is 32.2 Å². The fourth-order valence-corrected chi connectivity index (χ4v) is 4.79. The first-order valence-corrected chi connectivity index (χ1v) is 10.4. The van der Waals surface area contributed by atoms with Crippen LogP contribution in [0.15, 0.2) is 42.7 Å². The number of amides is 2. The number of nitrogens with one attached hydrogen (secondary N) is 1. The highest BCUT2D eigenvalue weighted by atomic mass is 32.2. The first-order valence-electron chi connectivity index (χ1n) is 9.21. The highest BCUT2D eigenvalue weighted by Gasteiger charge is 2.49. The van der Waals surface area contributed by atoms with Crippen LogP contribution in [0.5, 0.6) is 0 Å². The molecule has 2 amide bonds. The molecule has 5 nitrogen and oxygen atoms in total. The van der Waals surface area contributed by atoms with E-state index in [-0.39, 0.29) is 23.7 Å². The average molecular weight is 382 g/mol. The van der Waals surface area contributed by atoms with Gasteiger partial charge in [0.15, 0.2) is 0 Å². The van der Waals surface area contributed by atoms with Gasteiger partial charge in [-0.15, -0.1) is 11.8 Å². The Morgan fingerprint density at radius 3 is 2.85 bits per heavy atom. The van der Waals surface area contributed by atoms with E-state index >= 15 is 0 Å². The van der Waals surface area contributed by atoms with Crippen LogP contribution < -0.4 is 5.32 Å². The number of anilines is 1. The van der Waals surface area contributed by atoms with Gasteiger partial charge in [-0.25, -0.2) is 0 Å². The van der Waals surface area contributed by atoms with Crippen molar-refractivity contribution in [1.82, 2.24) is 9.88 Å². The predicted molar refractivity (Wildman–Crippen MR) is 108 cm³/mol. The molecule has 140 valence electrons. The lowest BCUT2D eigenvalue weighted by atomic mass is 10.1. The Kier molecular flexibility index (Phi) is 4.91. The van der Waals surface area contributed by atoms with Gasteiger partial charge in [0.25, 0.3) is 0 Å². The van der Waals surface area contributed by atoms with Crippen molar-refractivity contribution in [3.05, 3.63) is 59.4 Å². The Bertz CT molecular complexity index is 871. The van der Waals surface area contributed by atoms with Crippen LogP contribution >= 0.6 is 11.8 Å². The third-order valence-electron chi connectivity index (χ3n) is 5.55. The second-order valence-electron chi connectivity index (χ2n) is 7.30. The molecule has 1 saturated heterocycles. The maximum absolute atomic E-state index is 13.0. The van der Waals surface area contributed by atoms with Gasteiger partial charge in [-0.05, 0) is 55.0 Å². The SMILES string of the molecule is Cc1cccc(NC(=O)C2CSCN2C(=O)C2CC2c2cccnc2)c1C. The molecular weight excluding hydrogens is 358 g/mol. The number of benzene rings is 1. The first kappa shape index (κ1) is 18.0. The number of thioether (sulfide) groups is 1. The van der Waals surface area contributed by atoms with Crippen molar-refractivity contribution in [3.8, 4) is 0 Å². The smallest absolute Gasteiger partial charge is 0.248 e. The molecule has 0 spiro atoms. The molecule has 3 atom stereocenters. The van der Waals surface area contributed by atoms with E-state index in [1.807, 2.05) is 50.4 Å². The quantitative estimate of drug-likeness (QED) is 0.882. The normalized spacial score (nSPS) is 23.9. The van der Waals surface area contributed by atoms with Gasteiger partial charge >= 0.3 is 0 Å². The molecule has 2 fully saturated rings.